The summed E-state index contributed by atoms with van der Waals surface area (Å²) in [6, 6.07) is 5.05. The molecule has 3 heterocycles. The van der Waals surface area contributed by atoms with Gasteiger partial charge in [0.25, 0.3) is 0 Å². The van der Waals surface area contributed by atoms with Gasteiger partial charge in [0.2, 0.25) is 23.6 Å². The number of anilines is 1. The van der Waals surface area contributed by atoms with E-state index in [4.69, 9.17) is 10.5 Å². The highest BCUT2D eigenvalue weighted by Gasteiger charge is 2.70. The van der Waals surface area contributed by atoms with Crippen molar-refractivity contribution < 1.29 is 23.9 Å². The molecule has 0 bridgehead atoms. The molecular weight excluding hydrogens is 388 g/mol. The monoisotopic (exact) mass is 414 g/mol. The van der Waals surface area contributed by atoms with Crippen LogP contribution in [0.4, 0.5) is 5.69 Å². The number of fused-ring (bicyclic) bond motifs is 4. The largest absolute Gasteiger partial charge is 0.385 e. The molecule has 2 saturated heterocycles. The normalized spacial score (nSPS) is 29.5. The zero-order chi connectivity index (χ0) is 21.6. The summed E-state index contributed by atoms with van der Waals surface area (Å²) in [6.07, 6.45) is 0.851. The van der Waals surface area contributed by atoms with Crippen LogP contribution in [-0.2, 0) is 29.5 Å². The molecule has 3 aliphatic heterocycles. The lowest BCUT2D eigenvalue weighted by Gasteiger charge is -2.29. The summed E-state index contributed by atoms with van der Waals surface area (Å²) in [4.78, 5) is 52.6. The van der Waals surface area contributed by atoms with Gasteiger partial charge in [0.15, 0.2) is 0 Å². The summed E-state index contributed by atoms with van der Waals surface area (Å²) in [5.74, 6) is -3.10. The number of nitrogens with one attached hydrogen (secondary N) is 2. The number of primary amides is 1. The van der Waals surface area contributed by atoms with Gasteiger partial charge in [0.1, 0.15) is 5.54 Å². The van der Waals surface area contributed by atoms with Crippen LogP contribution in [0.15, 0.2) is 18.2 Å². The number of methoxy groups -OCH3 is 1. The molecule has 4 rings (SSSR count). The van der Waals surface area contributed by atoms with Crippen LogP contribution < -0.4 is 16.4 Å². The van der Waals surface area contributed by atoms with Crippen molar-refractivity contribution in [2.45, 2.75) is 37.8 Å². The van der Waals surface area contributed by atoms with Gasteiger partial charge in [0, 0.05) is 44.0 Å². The van der Waals surface area contributed by atoms with Gasteiger partial charge in [-0.2, -0.15) is 0 Å². The van der Waals surface area contributed by atoms with Crippen molar-refractivity contribution in [3.63, 3.8) is 0 Å². The Morgan fingerprint density at radius 3 is 2.73 bits per heavy atom. The Morgan fingerprint density at radius 1 is 1.27 bits per heavy atom. The molecule has 4 amide bonds. The maximum atomic E-state index is 13.4. The molecule has 0 aromatic heterocycles. The second-order valence-electron chi connectivity index (χ2n) is 8.24. The van der Waals surface area contributed by atoms with E-state index >= 15 is 0 Å². The minimum Gasteiger partial charge on any atom is -0.385 e. The third kappa shape index (κ3) is 2.92. The standard InChI is InChI=1S/C21H26N4O5/c1-11-4-5-13-12(10-11)21(20(29)23-13)17-16(14(24-21)6-7-15(22)26)18(27)25(19(17)28)8-3-9-30-2/h4-5,10,14,16-17,24H,3,6-9H2,1-2H3,(H2,22,26)(H,23,29)/t14?,16-,17+,21?/m1/s1. The Morgan fingerprint density at radius 2 is 2.03 bits per heavy atom. The van der Waals surface area contributed by atoms with Crippen molar-refractivity contribution in [2.75, 3.05) is 25.6 Å². The van der Waals surface area contributed by atoms with E-state index in [0.29, 0.717) is 24.3 Å². The van der Waals surface area contributed by atoms with Crippen LogP contribution >= 0.6 is 0 Å². The summed E-state index contributed by atoms with van der Waals surface area (Å²) < 4.78 is 5.05. The maximum absolute atomic E-state index is 13.4. The van der Waals surface area contributed by atoms with Crippen LogP contribution in [0.1, 0.15) is 30.4 Å². The highest BCUT2D eigenvalue weighted by atomic mass is 16.5. The molecule has 3 aliphatic rings. The first-order chi connectivity index (χ1) is 14.3. The minimum atomic E-state index is -1.34. The van der Waals surface area contributed by atoms with E-state index in [1.54, 1.807) is 7.11 Å². The predicted octanol–water partition coefficient (Wildman–Crippen LogP) is 0.0174. The topological polar surface area (TPSA) is 131 Å². The number of hydrogen-bond acceptors (Lipinski definition) is 6. The molecule has 4 atom stereocenters. The first-order valence-electron chi connectivity index (χ1n) is 10.1. The number of amides is 4. The average Bonchev–Trinajstić information content (AvgIpc) is 3.27. The SMILES string of the molecule is COCCCN1C(=O)[C@@H]2C(CCC(N)=O)NC3(C(=O)Nc4ccc(C)cc43)[C@@H]2C1=O. The van der Waals surface area contributed by atoms with Gasteiger partial charge in [-0.1, -0.05) is 17.7 Å². The van der Waals surface area contributed by atoms with Crippen molar-refractivity contribution >= 4 is 29.3 Å². The lowest BCUT2D eigenvalue weighted by molar-refractivity contribution is -0.143. The molecule has 1 aromatic carbocycles. The number of nitrogens with two attached hydrogens (primary N) is 1. The Kier molecular flexibility index (Phi) is 5.11. The average molecular weight is 414 g/mol. The van der Waals surface area contributed by atoms with Crippen molar-refractivity contribution in [1.82, 2.24) is 10.2 Å². The number of aryl methyl sites for hydroxylation is 1. The highest BCUT2D eigenvalue weighted by Crippen LogP contribution is 2.53. The first-order valence-corrected chi connectivity index (χ1v) is 10.1. The fraction of sp³-hybridized carbons (Fsp3) is 0.524. The van der Waals surface area contributed by atoms with Crippen LogP contribution in [0.2, 0.25) is 0 Å². The van der Waals surface area contributed by atoms with Gasteiger partial charge >= 0.3 is 0 Å². The molecular formula is C21H26N4O5. The number of likely N-dealkylation sites (tertiary alicyclic amines) is 1. The lowest BCUT2D eigenvalue weighted by atomic mass is 9.76. The van der Waals surface area contributed by atoms with Crippen molar-refractivity contribution in [3.8, 4) is 0 Å². The van der Waals surface area contributed by atoms with Crippen molar-refractivity contribution in [1.29, 1.82) is 0 Å². The van der Waals surface area contributed by atoms with E-state index < -0.39 is 29.3 Å². The summed E-state index contributed by atoms with van der Waals surface area (Å²) in [7, 11) is 1.56. The third-order valence-electron chi connectivity index (χ3n) is 6.39. The number of nitrogens with zero attached hydrogens (tertiary/aromatic N) is 1. The number of benzene rings is 1. The van der Waals surface area contributed by atoms with Crippen molar-refractivity contribution in [2.24, 2.45) is 17.6 Å². The molecule has 2 unspecified atom stereocenters. The summed E-state index contributed by atoms with van der Waals surface area (Å²) in [6.45, 7) is 2.56. The van der Waals surface area contributed by atoms with Crippen molar-refractivity contribution in [3.05, 3.63) is 29.3 Å². The van der Waals surface area contributed by atoms with Crippen LogP contribution in [0.5, 0.6) is 0 Å². The maximum Gasteiger partial charge on any atom is 0.250 e. The van der Waals surface area contributed by atoms with E-state index in [-0.39, 0.29) is 37.1 Å². The fourth-order valence-electron chi connectivity index (χ4n) is 5.11. The van der Waals surface area contributed by atoms with Gasteiger partial charge in [-0.15, -0.1) is 0 Å². The second-order valence-corrected chi connectivity index (χ2v) is 8.24. The zero-order valence-corrected chi connectivity index (χ0v) is 17.1. The molecule has 0 saturated carbocycles. The molecule has 0 radical (unpaired) electrons. The molecule has 4 N–H and O–H groups in total. The van der Waals surface area contributed by atoms with Gasteiger partial charge in [0.05, 0.1) is 11.8 Å². The summed E-state index contributed by atoms with van der Waals surface area (Å²) in [5.41, 5.74) is 6.23. The van der Waals surface area contributed by atoms with E-state index in [1.165, 1.54) is 4.90 Å². The lowest BCUT2D eigenvalue weighted by Crippen LogP contribution is -2.53. The van der Waals surface area contributed by atoms with Crippen LogP contribution in [0.25, 0.3) is 0 Å². The second kappa shape index (κ2) is 7.48. The number of rotatable bonds is 7. The quantitative estimate of drug-likeness (QED) is 0.426. The van der Waals surface area contributed by atoms with Gasteiger partial charge in [-0.05, 0) is 25.8 Å². The van der Waals surface area contributed by atoms with Crippen LogP contribution in [0.3, 0.4) is 0 Å². The molecule has 1 aromatic rings. The molecule has 0 aliphatic carbocycles. The molecule has 160 valence electrons. The van der Waals surface area contributed by atoms with Crippen LogP contribution in [0, 0.1) is 18.8 Å². The van der Waals surface area contributed by atoms with E-state index in [0.717, 1.165) is 5.56 Å². The first kappa shape index (κ1) is 20.5. The van der Waals surface area contributed by atoms with Gasteiger partial charge in [-0.3, -0.25) is 29.4 Å². The van der Waals surface area contributed by atoms with E-state index in [1.807, 2.05) is 25.1 Å². The Balaban J connectivity index is 1.77. The zero-order valence-electron chi connectivity index (χ0n) is 17.1. The summed E-state index contributed by atoms with van der Waals surface area (Å²) >= 11 is 0. The number of carbonyl (C=O) groups excluding carboxylic acids is 4. The summed E-state index contributed by atoms with van der Waals surface area (Å²) in [5, 5.41) is 6.16. The third-order valence-corrected chi connectivity index (χ3v) is 6.39. The smallest absolute Gasteiger partial charge is 0.250 e. The molecule has 9 nitrogen and oxygen atoms in total. The van der Waals surface area contributed by atoms with Gasteiger partial charge in [-0.25, -0.2) is 0 Å². The molecule has 9 heteroatoms. The van der Waals surface area contributed by atoms with E-state index in [2.05, 4.69) is 10.6 Å². The number of ether oxygens (including phenoxy) is 1. The highest BCUT2D eigenvalue weighted by molar-refractivity contribution is 6.15. The van der Waals surface area contributed by atoms with Gasteiger partial charge < -0.3 is 15.8 Å². The molecule has 2 fully saturated rings. The Hall–Kier alpha value is -2.78. The fourth-order valence-corrected chi connectivity index (χ4v) is 5.11. The van der Waals surface area contributed by atoms with E-state index in [9.17, 15) is 19.2 Å². The molecule has 1 spiro atoms. The minimum absolute atomic E-state index is 0.0599. The predicted molar refractivity (Wildman–Crippen MR) is 107 cm³/mol. The number of imide groups is 1. The number of hydrogen-bond donors (Lipinski definition) is 3. The number of carbonyl (C=O) groups is 4. The Bertz CT molecular complexity index is 932. The van der Waals surface area contributed by atoms with Crippen LogP contribution in [-0.4, -0.2) is 54.8 Å². The molecule has 30 heavy (non-hydrogen) atoms. The Labute approximate surface area is 174 Å².